The van der Waals surface area contributed by atoms with Gasteiger partial charge in [0.1, 0.15) is 23.7 Å². The molecular formula is C30H23BrN2O4S. The summed E-state index contributed by atoms with van der Waals surface area (Å²) in [5.74, 6) is -1.06. The molecule has 3 atom stereocenters. The molecule has 0 saturated carbocycles. The quantitative estimate of drug-likeness (QED) is 0.316. The fourth-order valence-electron chi connectivity index (χ4n) is 4.87. The summed E-state index contributed by atoms with van der Waals surface area (Å²) in [5.41, 5.74) is 4.94. The molecule has 1 saturated heterocycles. The number of carbonyl (C=O) groups excluding carboxylic acids is 3. The van der Waals surface area contributed by atoms with Crippen molar-refractivity contribution >= 4 is 51.0 Å². The third-order valence-corrected chi connectivity index (χ3v) is 8.89. The van der Waals surface area contributed by atoms with Crippen LogP contribution in [0.5, 0.6) is 0 Å². The van der Waals surface area contributed by atoms with Gasteiger partial charge in [0.2, 0.25) is 5.91 Å². The Hall–Kier alpha value is -3.62. The maximum absolute atomic E-state index is 13.4. The van der Waals surface area contributed by atoms with Crippen molar-refractivity contribution in [1.82, 2.24) is 10.2 Å². The summed E-state index contributed by atoms with van der Waals surface area (Å²) in [4.78, 5) is 40.9. The number of benzene rings is 3. The highest BCUT2D eigenvalue weighted by molar-refractivity contribution is 9.10. The van der Waals surface area contributed by atoms with Crippen LogP contribution in [0.4, 0.5) is 0 Å². The van der Waals surface area contributed by atoms with E-state index in [2.05, 4.69) is 21.2 Å². The first-order chi connectivity index (χ1) is 18.5. The fraction of sp³-hybridized carbons (Fsp3) is 0.167. The van der Waals surface area contributed by atoms with Gasteiger partial charge in [0.05, 0.1) is 11.7 Å². The minimum absolute atomic E-state index is 0.0875. The van der Waals surface area contributed by atoms with Crippen molar-refractivity contribution in [2.45, 2.75) is 29.7 Å². The molecule has 0 radical (unpaired) electrons. The van der Waals surface area contributed by atoms with Crippen molar-refractivity contribution < 1.29 is 19.1 Å². The van der Waals surface area contributed by atoms with E-state index in [1.54, 1.807) is 11.8 Å². The number of ether oxygens (including phenoxy) is 1. The smallest absolute Gasteiger partial charge is 0.355 e. The SMILES string of the molecule is O=C(Cc1ccccc1)N[C@@H]1C(=O)N2C(C(=O)OCc3ccc(Br)cc3)=C3C=C(c4ccccc4)[C@@H]3S[C@H]12. The molecule has 6 rings (SSSR count). The molecule has 3 aromatic rings. The molecule has 0 aromatic heterocycles. The van der Waals surface area contributed by atoms with Gasteiger partial charge in [0.25, 0.3) is 5.91 Å². The first kappa shape index (κ1) is 24.7. The number of esters is 1. The summed E-state index contributed by atoms with van der Waals surface area (Å²) in [7, 11) is 0. The van der Waals surface area contributed by atoms with Crippen LogP contribution in [0.1, 0.15) is 16.7 Å². The lowest BCUT2D eigenvalue weighted by Crippen LogP contribution is -2.71. The van der Waals surface area contributed by atoms with E-state index in [0.717, 1.165) is 32.3 Å². The predicted octanol–water partition coefficient (Wildman–Crippen LogP) is 4.85. The van der Waals surface area contributed by atoms with E-state index >= 15 is 0 Å². The number of allylic oxidation sites excluding steroid dienone is 1. The number of nitrogens with zero attached hydrogens (tertiary/aromatic N) is 1. The van der Waals surface area contributed by atoms with Crippen molar-refractivity contribution in [2.75, 3.05) is 0 Å². The van der Waals surface area contributed by atoms with E-state index in [1.165, 1.54) is 4.90 Å². The molecule has 3 aliphatic rings. The Morgan fingerprint density at radius 1 is 0.921 bits per heavy atom. The van der Waals surface area contributed by atoms with E-state index in [1.807, 2.05) is 91.0 Å². The molecular weight excluding hydrogens is 564 g/mol. The van der Waals surface area contributed by atoms with Crippen molar-refractivity contribution in [3.8, 4) is 0 Å². The molecule has 1 fully saturated rings. The standard InChI is InChI=1S/C30H23BrN2O4S/c31-21-13-11-19(12-14-21)17-37-30(36)26-23-16-22(20-9-5-2-6-10-20)27(23)38-29-25(28(35)33(26)29)32-24(34)15-18-7-3-1-4-8-18/h1-14,16,25,27,29H,15,17H2,(H,32,34)/t25-,27+,29-/m1/s1. The van der Waals surface area contributed by atoms with Gasteiger partial charge in [-0.05, 0) is 40.5 Å². The second-order valence-corrected chi connectivity index (χ2v) is 11.4. The molecule has 2 amide bonds. The third-order valence-electron chi connectivity index (χ3n) is 6.82. The molecule has 0 bridgehead atoms. The van der Waals surface area contributed by atoms with Gasteiger partial charge in [-0.3, -0.25) is 14.5 Å². The first-order valence-electron chi connectivity index (χ1n) is 12.2. The number of hydrogen-bond donors (Lipinski definition) is 1. The van der Waals surface area contributed by atoms with Crippen LogP contribution < -0.4 is 5.32 Å². The van der Waals surface area contributed by atoms with E-state index in [0.29, 0.717) is 0 Å². The highest BCUT2D eigenvalue weighted by Crippen LogP contribution is 2.54. The summed E-state index contributed by atoms with van der Waals surface area (Å²) >= 11 is 4.99. The normalized spacial score (nSPS) is 21.4. The average Bonchev–Trinajstić information content (AvgIpc) is 2.92. The van der Waals surface area contributed by atoms with Crippen molar-refractivity contribution in [3.05, 3.63) is 123 Å². The summed E-state index contributed by atoms with van der Waals surface area (Å²) in [6.45, 7) is 0.0971. The van der Waals surface area contributed by atoms with Gasteiger partial charge in [-0.15, -0.1) is 11.8 Å². The lowest BCUT2D eigenvalue weighted by molar-refractivity contribution is -0.153. The van der Waals surface area contributed by atoms with Crippen LogP contribution in [0, 0.1) is 0 Å². The molecule has 2 aliphatic heterocycles. The van der Waals surface area contributed by atoms with Crippen molar-refractivity contribution in [1.29, 1.82) is 0 Å². The van der Waals surface area contributed by atoms with Crippen LogP contribution in [-0.4, -0.2) is 39.3 Å². The Labute approximate surface area is 232 Å². The molecule has 6 nitrogen and oxygen atoms in total. The molecule has 3 aromatic carbocycles. The maximum Gasteiger partial charge on any atom is 0.355 e. The molecule has 0 unspecified atom stereocenters. The fourth-order valence-corrected chi connectivity index (χ4v) is 6.76. The van der Waals surface area contributed by atoms with Crippen LogP contribution >= 0.6 is 27.7 Å². The van der Waals surface area contributed by atoms with Gasteiger partial charge in [-0.25, -0.2) is 4.79 Å². The summed E-state index contributed by atoms with van der Waals surface area (Å²) < 4.78 is 6.60. The topological polar surface area (TPSA) is 75.7 Å². The van der Waals surface area contributed by atoms with Crippen molar-refractivity contribution in [3.63, 3.8) is 0 Å². The number of nitrogens with one attached hydrogen (secondary N) is 1. The molecule has 1 N–H and O–H groups in total. The molecule has 0 spiro atoms. The number of thioether (sulfide) groups is 1. The van der Waals surface area contributed by atoms with Crippen LogP contribution in [-0.2, 0) is 32.1 Å². The van der Waals surface area contributed by atoms with Crippen molar-refractivity contribution in [2.24, 2.45) is 0 Å². The monoisotopic (exact) mass is 586 g/mol. The number of carbonyl (C=O) groups is 3. The highest BCUT2D eigenvalue weighted by atomic mass is 79.9. The van der Waals surface area contributed by atoms with E-state index < -0.39 is 17.4 Å². The van der Waals surface area contributed by atoms with Gasteiger partial charge < -0.3 is 10.1 Å². The lowest BCUT2D eigenvalue weighted by Gasteiger charge is -2.53. The largest absolute Gasteiger partial charge is 0.456 e. The highest BCUT2D eigenvalue weighted by Gasteiger charge is 2.58. The van der Waals surface area contributed by atoms with E-state index in [9.17, 15) is 14.4 Å². The molecule has 2 heterocycles. The van der Waals surface area contributed by atoms with Gasteiger partial charge in [0, 0.05) is 10.0 Å². The molecule has 1 aliphatic carbocycles. The van der Waals surface area contributed by atoms with Crippen LogP contribution in [0.15, 0.2) is 107 Å². The van der Waals surface area contributed by atoms with Crippen LogP contribution in [0.25, 0.3) is 5.57 Å². The number of halogens is 1. The van der Waals surface area contributed by atoms with Gasteiger partial charge in [-0.1, -0.05) is 88.7 Å². The molecule has 190 valence electrons. The van der Waals surface area contributed by atoms with E-state index in [4.69, 9.17) is 4.74 Å². The predicted molar refractivity (Wildman–Crippen MR) is 149 cm³/mol. The zero-order valence-electron chi connectivity index (χ0n) is 20.2. The number of hydrogen-bond acceptors (Lipinski definition) is 5. The first-order valence-corrected chi connectivity index (χ1v) is 14.0. The Bertz CT molecular complexity index is 1470. The van der Waals surface area contributed by atoms with Gasteiger partial charge in [0.15, 0.2) is 0 Å². The number of amides is 2. The molecule has 8 heteroatoms. The second kappa shape index (κ2) is 10.3. The van der Waals surface area contributed by atoms with Crippen LogP contribution in [0.3, 0.4) is 0 Å². The second-order valence-electron chi connectivity index (χ2n) is 9.29. The van der Waals surface area contributed by atoms with Crippen LogP contribution in [0.2, 0.25) is 0 Å². The average molecular weight is 587 g/mol. The summed E-state index contributed by atoms with van der Waals surface area (Å²) in [5, 5.41) is 2.42. The van der Waals surface area contributed by atoms with Gasteiger partial charge >= 0.3 is 5.97 Å². The molecule has 38 heavy (non-hydrogen) atoms. The Morgan fingerprint density at radius 2 is 1.61 bits per heavy atom. The number of rotatable bonds is 7. The summed E-state index contributed by atoms with van der Waals surface area (Å²) in [6, 6.07) is 26.2. The maximum atomic E-state index is 13.4. The zero-order valence-corrected chi connectivity index (χ0v) is 22.6. The Morgan fingerprint density at radius 3 is 2.32 bits per heavy atom. The number of fused-ring (bicyclic) bond motifs is 2. The third kappa shape index (κ3) is 4.59. The lowest BCUT2D eigenvalue weighted by atomic mass is 9.84. The Balaban J connectivity index is 1.24. The Kier molecular flexibility index (Phi) is 6.68. The number of β-lactam (4-membered cyclic amide) rings is 1. The minimum Gasteiger partial charge on any atom is -0.456 e. The summed E-state index contributed by atoms with van der Waals surface area (Å²) in [6.07, 6.45) is 2.15. The zero-order chi connectivity index (χ0) is 26.2. The van der Waals surface area contributed by atoms with Gasteiger partial charge in [-0.2, -0.15) is 0 Å². The minimum atomic E-state index is -0.704. The van der Waals surface area contributed by atoms with E-state index in [-0.39, 0.29) is 35.8 Å².